The number of nitrogens with zero attached hydrogens (tertiary/aromatic N) is 2. The lowest BCUT2D eigenvalue weighted by Gasteiger charge is -2.54. The standard InChI is InChI=1S/C42H47BN2/c1-21-24(4)31-20-30-16-12-13-17-32(30)45-39(31)34(26(21)6)33-25(5)22(2)29(9)38-37(33)43(45)36-28(8)23(3)27(7)35-40(36)44(38)42(11)19-15-14-18-41(35,42)10/h12-13,16-17H,14-15,18-20H2,1-11H3. The fourth-order valence-corrected chi connectivity index (χ4v) is 11.2. The van der Waals surface area contributed by atoms with Crippen LogP contribution >= 0.6 is 0 Å². The highest BCUT2D eigenvalue weighted by Crippen LogP contribution is 2.64. The molecule has 0 amide bonds. The molecule has 4 aromatic carbocycles. The molecule has 2 atom stereocenters. The van der Waals surface area contributed by atoms with Crippen molar-refractivity contribution in [1.82, 2.24) is 0 Å². The van der Waals surface area contributed by atoms with Gasteiger partial charge in [0, 0.05) is 40.1 Å². The molecular formula is C42H47BN2. The molecule has 1 saturated carbocycles. The summed E-state index contributed by atoms with van der Waals surface area (Å²) in [6.07, 6.45) is 6.14. The van der Waals surface area contributed by atoms with E-state index in [1.807, 2.05) is 0 Å². The molecule has 4 heterocycles. The van der Waals surface area contributed by atoms with Crippen molar-refractivity contribution in [2.75, 3.05) is 9.71 Å². The maximum Gasteiger partial charge on any atom is 0.333 e. The van der Waals surface area contributed by atoms with Gasteiger partial charge in [-0.1, -0.05) is 38.0 Å². The van der Waals surface area contributed by atoms with E-state index in [-0.39, 0.29) is 17.8 Å². The lowest BCUT2D eigenvalue weighted by molar-refractivity contribution is 0.194. The van der Waals surface area contributed by atoms with Crippen molar-refractivity contribution in [2.24, 2.45) is 0 Å². The Hall–Kier alpha value is -3.46. The number of para-hydroxylation sites is 1. The fraction of sp³-hybridized carbons (Fsp3) is 0.429. The first kappa shape index (κ1) is 27.8. The summed E-state index contributed by atoms with van der Waals surface area (Å²) in [7, 11) is 0. The van der Waals surface area contributed by atoms with Crippen LogP contribution < -0.4 is 20.6 Å². The van der Waals surface area contributed by atoms with Crippen LogP contribution in [0.4, 0.5) is 22.7 Å². The highest BCUT2D eigenvalue weighted by atomic mass is 15.3. The number of anilines is 4. The van der Waals surface area contributed by atoms with Gasteiger partial charge < -0.3 is 9.71 Å². The summed E-state index contributed by atoms with van der Waals surface area (Å²) >= 11 is 0. The Balaban J connectivity index is 1.56. The predicted octanol–water partition coefficient (Wildman–Crippen LogP) is 9.35. The van der Waals surface area contributed by atoms with Gasteiger partial charge in [0.05, 0.1) is 5.54 Å². The van der Waals surface area contributed by atoms with Gasteiger partial charge in [-0.3, -0.25) is 0 Å². The molecule has 9 rings (SSSR count). The summed E-state index contributed by atoms with van der Waals surface area (Å²) in [5.74, 6) is 0. The van der Waals surface area contributed by atoms with Crippen molar-refractivity contribution in [2.45, 2.75) is 119 Å². The van der Waals surface area contributed by atoms with Crippen LogP contribution in [-0.2, 0) is 11.8 Å². The van der Waals surface area contributed by atoms with Gasteiger partial charge in [0.15, 0.2) is 0 Å². The molecule has 2 unspecified atom stereocenters. The third kappa shape index (κ3) is 2.84. The first-order chi connectivity index (χ1) is 21.4. The minimum absolute atomic E-state index is 0.0437. The summed E-state index contributed by atoms with van der Waals surface area (Å²) in [5.41, 5.74) is 30.3. The van der Waals surface area contributed by atoms with E-state index in [0.717, 1.165) is 6.42 Å². The van der Waals surface area contributed by atoms with Crippen LogP contribution in [0.2, 0.25) is 0 Å². The lowest BCUT2D eigenvalue weighted by atomic mass is 9.41. The van der Waals surface area contributed by atoms with Crippen LogP contribution in [0.15, 0.2) is 24.3 Å². The Morgan fingerprint density at radius 1 is 0.600 bits per heavy atom. The lowest BCUT2D eigenvalue weighted by Crippen LogP contribution is -2.66. The summed E-state index contributed by atoms with van der Waals surface area (Å²) in [5, 5.41) is 0. The first-order valence-corrected chi connectivity index (χ1v) is 17.4. The number of hydrogen-bond donors (Lipinski definition) is 0. The molecule has 0 N–H and O–H groups in total. The minimum atomic E-state index is 0.0437. The molecule has 0 bridgehead atoms. The molecular weight excluding hydrogens is 543 g/mol. The average Bonchev–Trinajstić information content (AvgIpc) is 3.24. The van der Waals surface area contributed by atoms with Crippen LogP contribution in [0, 0.1) is 62.3 Å². The highest BCUT2D eigenvalue weighted by Gasteiger charge is 2.63. The van der Waals surface area contributed by atoms with E-state index in [1.165, 1.54) is 115 Å². The molecule has 4 aromatic rings. The van der Waals surface area contributed by atoms with E-state index in [1.54, 1.807) is 22.2 Å². The van der Waals surface area contributed by atoms with Gasteiger partial charge in [0.25, 0.3) is 0 Å². The Morgan fingerprint density at radius 2 is 1.24 bits per heavy atom. The predicted molar refractivity (Wildman–Crippen MR) is 194 cm³/mol. The number of benzene rings is 4. The molecule has 2 nitrogen and oxygen atoms in total. The Bertz CT molecular complexity index is 2080. The molecule has 45 heavy (non-hydrogen) atoms. The topological polar surface area (TPSA) is 6.48 Å². The second kappa shape index (κ2) is 8.47. The van der Waals surface area contributed by atoms with Gasteiger partial charge in [-0.25, -0.2) is 0 Å². The second-order valence-electron chi connectivity index (χ2n) is 15.8. The van der Waals surface area contributed by atoms with Crippen LogP contribution in [-0.4, -0.2) is 12.4 Å². The van der Waals surface area contributed by atoms with Gasteiger partial charge in [0.2, 0.25) is 0 Å². The van der Waals surface area contributed by atoms with E-state index >= 15 is 0 Å². The van der Waals surface area contributed by atoms with Gasteiger partial charge in [0.1, 0.15) is 0 Å². The molecule has 228 valence electrons. The monoisotopic (exact) mass is 590 g/mol. The highest BCUT2D eigenvalue weighted by molar-refractivity contribution is 6.94. The second-order valence-corrected chi connectivity index (χ2v) is 15.8. The smallest absolute Gasteiger partial charge is 0.333 e. The average molecular weight is 591 g/mol. The third-order valence-electron chi connectivity index (χ3n) is 14.4. The summed E-state index contributed by atoms with van der Waals surface area (Å²) in [4.78, 5) is 5.79. The largest absolute Gasteiger partial charge is 0.376 e. The van der Waals surface area contributed by atoms with E-state index in [0.29, 0.717) is 0 Å². The minimum Gasteiger partial charge on any atom is -0.376 e. The molecule has 4 aliphatic heterocycles. The van der Waals surface area contributed by atoms with Gasteiger partial charge >= 0.3 is 6.85 Å². The van der Waals surface area contributed by atoms with Crippen molar-refractivity contribution < 1.29 is 0 Å². The summed E-state index contributed by atoms with van der Waals surface area (Å²) < 4.78 is 0. The van der Waals surface area contributed by atoms with Gasteiger partial charge in [-0.15, -0.1) is 0 Å². The van der Waals surface area contributed by atoms with Crippen molar-refractivity contribution in [3.05, 3.63) is 91.0 Å². The van der Waals surface area contributed by atoms with Gasteiger partial charge in [-0.05, 0) is 171 Å². The molecule has 3 heteroatoms. The summed E-state index contributed by atoms with van der Waals surface area (Å²) in [6, 6.07) is 9.31. The Kier molecular flexibility index (Phi) is 5.23. The molecule has 0 radical (unpaired) electrons. The van der Waals surface area contributed by atoms with Crippen molar-refractivity contribution in [1.29, 1.82) is 0 Å². The molecule has 0 spiro atoms. The van der Waals surface area contributed by atoms with Crippen LogP contribution in [0.25, 0.3) is 11.1 Å². The number of rotatable bonds is 0. The normalized spacial score (nSPS) is 23.0. The van der Waals surface area contributed by atoms with Crippen LogP contribution in [0.1, 0.15) is 106 Å². The fourth-order valence-electron chi connectivity index (χ4n) is 11.2. The van der Waals surface area contributed by atoms with Crippen LogP contribution in [0.3, 0.4) is 0 Å². The number of fused-ring (bicyclic) bond motifs is 9. The van der Waals surface area contributed by atoms with Crippen molar-refractivity contribution in [3.8, 4) is 11.1 Å². The third-order valence-corrected chi connectivity index (χ3v) is 14.4. The van der Waals surface area contributed by atoms with Crippen molar-refractivity contribution in [3.63, 3.8) is 0 Å². The van der Waals surface area contributed by atoms with Gasteiger partial charge in [-0.2, -0.15) is 0 Å². The molecule has 1 aliphatic carbocycles. The maximum atomic E-state index is 2.95. The maximum absolute atomic E-state index is 2.95. The zero-order chi connectivity index (χ0) is 31.6. The Labute approximate surface area is 271 Å². The zero-order valence-corrected chi connectivity index (χ0v) is 29.3. The van der Waals surface area contributed by atoms with E-state index in [9.17, 15) is 0 Å². The SMILES string of the molecule is Cc1c(C)c2c3c(c1C)-c1c(C)c(C)c(C)c4c1B(c1c(C)c(C)c(C)c5c1N4C1(C)CCCCC51C)N3c1ccccc1C2. The molecule has 0 saturated heterocycles. The zero-order valence-electron chi connectivity index (χ0n) is 29.3. The Morgan fingerprint density at radius 3 is 2.00 bits per heavy atom. The first-order valence-electron chi connectivity index (χ1n) is 17.4. The summed E-state index contributed by atoms with van der Waals surface area (Å²) in [6.45, 7) is 27.1. The van der Waals surface area contributed by atoms with E-state index in [2.05, 4.69) is 110 Å². The quantitative estimate of drug-likeness (QED) is 0.188. The molecule has 5 aliphatic rings. The molecule has 1 fully saturated rings. The molecule has 0 aromatic heterocycles. The van der Waals surface area contributed by atoms with E-state index < -0.39 is 0 Å². The number of hydrogen-bond acceptors (Lipinski definition) is 2. The van der Waals surface area contributed by atoms with Crippen molar-refractivity contribution >= 4 is 40.5 Å². The van der Waals surface area contributed by atoms with Crippen LogP contribution in [0.5, 0.6) is 0 Å². The van der Waals surface area contributed by atoms with E-state index in [4.69, 9.17) is 0 Å².